The van der Waals surface area contributed by atoms with Crippen LogP contribution >= 0.6 is 12.2 Å². The van der Waals surface area contributed by atoms with Crippen LogP contribution in [-0.2, 0) is 6.42 Å². The van der Waals surface area contributed by atoms with Crippen molar-refractivity contribution in [3.8, 4) is 0 Å². The minimum atomic E-state index is 0.638. The molecule has 0 saturated carbocycles. The van der Waals surface area contributed by atoms with Gasteiger partial charge in [0, 0.05) is 38.4 Å². The molecule has 0 radical (unpaired) electrons. The minimum absolute atomic E-state index is 0.638. The van der Waals surface area contributed by atoms with E-state index in [-0.39, 0.29) is 0 Å². The van der Waals surface area contributed by atoms with E-state index in [9.17, 15) is 0 Å². The third-order valence-electron chi connectivity index (χ3n) is 5.50. The van der Waals surface area contributed by atoms with E-state index >= 15 is 0 Å². The summed E-state index contributed by atoms with van der Waals surface area (Å²) in [7, 11) is 0. The Hall–Kier alpha value is -3.12. The number of piperazine rings is 1. The molecule has 1 aromatic heterocycles. The number of hydrogen-bond donors (Lipinski definition) is 2. The number of thiocarbonyl (C=S) groups is 1. The lowest BCUT2D eigenvalue weighted by atomic mass is 10.1. The first-order valence-electron chi connectivity index (χ1n) is 10.9. The molecule has 1 aliphatic rings. The number of aryl methyl sites for hydroxylation is 1. The molecular formula is C25H29N5S. The van der Waals surface area contributed by atoms with Crippen LogP contribution in [0.15, 0.2) is 79.0 Å². The zero-order chi connectivity index (χ0) is 21.3. The van der Waals surface area contributed by atoms with Crippen LogP contribution in [0.3, 0.4) is 0 Å². The Morgan fingerprint density at radius 3 is 2.19 bits per heavy atom. The van der Waals surface area contributed by atoms with Crippen LogP contribution in [0.2, 0.25) is 0 Å². The molecule has 0 bridgehead atoms. The SMILES string of the molecule is S=C(NCCCc1ccccc1)Nc1ccc(N2CCN(c3ccccc3)CC2)nc1. The Morgan fingerprint density at radius 1 is 0.839 bits per heavy atom. The fourth-order valence-corrected chi connectivity index (χ4v) is 4.01. The molecule has 160 valence electrons. The molecule has 0 amide bonds. The summed E-state index contributed by atoms with van der Waals surface area (Å²) in [4.78, 5) is 9.41. The lowest BCUT2D eigenvalue weighted by molar-refractivity contribution is 0.647. The van der Waals surface area contributed by atoms with Crippen molar-refractivity contribution in [3.05, 3.63) is 84.6 Å². The van der Waals surface area contributed by atoms with Crippen molar-refractivity contribution < 1.29 is 0 Å². The van der Waals surface area contributed by atoms with Crippen LogP contribution < -0.4 is 20.4 Å². The van der Waals surface area contributed by atoms with Gasteiger partial charge >= 0.3 is 0 Å². The smallest absolute Gasteiger partial charge is 0.170 e. The molecule has 0 unspecified atom stereocenters. The predicted molar refractivity (Wildman–Crippen MR) is 134 cm³/mol. The van der Waals surface area contributed by atoms with Crippen molar-refractivity contribution in [1.82, 2.24) is 10.3 Å². The van der Waals surface area contributed by atoms with Gasteiger partial charge in [-0.2, -0.15) is 0 Å². The van der Waals surface area contributed by atoms with E-state index in [0.29, 0.717) is 5.11 Å². The maximum atomic E-state index is 5.42. The highest BCUT2D eigenvalue weighted by atomic mass is 32.1. The molecule has 2 heterocycles. The zero-order valence-corrected chi connectivity index (χ0v) is 18.5. The fourth-order valence-electron chi connectivity index (χ4n) is 3.79. The van der Waals surface area contributed by atoms with Gasteiger partial charge in [0.25, 0.3) is 0 Å². The van der Waals surface area contributed by atoms with Crippen LogP contribution in [0.5, 0.6) is 0 Å². The zero-order valence-electron chi connectivity index (χ0n) is 17.7. The molecule has 0 aliphatic carbocycles. The third kappa shape index (κ3) is 6.18. The van der Waals surface area contributed by atoms with E-state index < -0.39 is 0 Å². The largest absolute Gasteiger partial charge is 0.368 e. The van der Waals surface area contributed by atoms with Crippen LogP contribution in [0, 0.1) is 0 Å². The van der Waals surface area contributed by atoms with Gasteiger partial charge in [0.05, 0.1) is 11.9 Å². The number of hydrogen-bond acceptors (Lipinski definition) is 4. The van der Waals surface area contributed by atoms with Gasteiger partial charge in [0.15, 0.2) is 5.11 Å². The van der Waals surface area contributed by atoms with E-state index in [0.717, 1.165) is 57.1 Å². The highest BCUT2D eigenvalue weighted by Gasteiger charge is 2.18. The lowest BCUT2D eigenvalue weighted by Crippen LogP contribution is -2.46. The molecule has 1 fully saturated rings. The van der Waals surface area contributed by atoms with Crippen LogP contribution in [-0.4, -0.2) is 42.8 Å². The van der Waals surface area contributed by atoms with E-state index in [1.54, 1.807) is 0 Å². The van der Waals surface area contributed by atoms with Gasteiger partial charge in [-0.05, 0) is 54.9 Å². The van der Waals surface area contributed by atoms with Gasteiger partial charge in [-0.25, -0.2) is 4.98 Å². The Labute approximate surface area is 190 Å². The molecule has 4 rings (SSSR count). The van der Waals surface area contributed by atoms with Crippen molar-refractivity contribution in [2.75, 3.05) is 47.8 Å². The van der Waals surface area contributed by atoms with Gasteiger partial charge in [-0.15, -0.1) is 0 Å². The quantitative estimate of drug-likeness (QED) is 0.429. The molecule has 2 aromatic carbocycles. The molecule has 3 aromatic rings. The van der Waals surface area contributed by atoms with Gasteiger partial charge in [0.2, 0.25) is 0 Å². The van der Waals surface area contributed by atoms with Gasteiger partial charge in [-0.3, -0.25) is 0 Å². The summed E-state index contributed by atoms with van der Waals surface area (Å²) in [5.74, 6) is 1.01. The lowest BCUT2D eigenvalue weighted by Gasteiger charge is -2.36. The highest BCUT2D eigenvalue weighted by Crippen LogP contribution is 2.20. The minimum Gasteiger partial charge on any atom is -0.368 e. The first-order chi connectivity index (χ1) is 15.3. The molecular weight excluding hydrogens is 402 g/mol. The van der Waals surface area contributed by atoms with E-state index in [4.69, 9.17) is 12.2 Å². The average molecular weight is 432 g/mol. The van der Waals surface area contributed by atoms with Gasteiger partial charge in [0.1, 0.15) is 5.82 Å². The van der Waals surface area contributed by atoms with Gasteiger partial charge in [-0.1, -0.05) is 48.5 Å². The monoisotopic (exact) mass is 431 g/mol. The van der Waals surface area contributed by atoms with Crippen LogP contribution in [0.25, 0.3) is 0 Å². The number of nitrogens with one attached hydrogen (secondary N) is 2. The standard InChI is InChI=1S/C25H29N5S/c31-25(26-15-7-10-21-8-3-1-4-9-21)28-22-13-14-24(27-20-22)30-18-16-29(17-19-30)23-11-5-2-6-12-23/h1-6,8-9,11-14,20H,7,10,15-19H2,(H2,26,28,31). The van der Waals surface area contributed by atoms with E-state index in [1.165, 1.54) is 11.3 Å². The second kappa shape index (κ2) is 10.8. The van der Waals surface area contributed by atoms with E-state index in [2.05, 4.69) is 86.1 Å². The maximum Gasteiger partial charge on any atom is 0.170 e. The molecule has 1 aliphatic heterocycles. The van der Waals surface area contributed by atoms with Crippen LogP contribution in [0.1, 0.15) is 12.0 Å². The molecule has 6 heteroatoms. The summed E-state index contributed by atoms with van der Waals surface area (Å²) < 4.78 is 0. The number of nitrogens with zero attached hydrogens (tertiary/aromatic N) is 3. The summed E-state index contributed by atoms with van der Waals surface area (Å²) in [6.45, 7) is 4.79. The summed E-state index contributed by atoms with van der Waals surface area (Å²) >= 11 is 5.42. The van der Waals surface area contributed by atoms with Crippen molar-refractivity contribution in [1.29, 1.82) is 0 Å². The van der Waals surface area contributed by atoms with Crippen molar-refractivity contribution in [2.45, 2.75) is 12.8 Å². The Bertz CT molecular complexity index is 939. The number of aromatic nitrogens is 1. The number of benzene rings is 2. The van der Waals surface area contributed by atoms with Crippen molar-refractivity contribution >= 4 is 34.5 Å². The number of rotatable bonds is 7. The molecule has 0 atom stereocenters. The summed E-state index contributed by atoms with van der Waals surface area (Å²) in [6.07, 6.45) is 3.94. The molecule has 31 heavy (non-hydrogen) atoms. The van der Waals surface area contributed by atoms with Crippen LogP contribution in [0.4, 0.5) is 17.2 Å². The molecule has 5 nitrogen and oxygen atoms in total. The highest BCUT2D eigenvalue weighted by molar-refractivity contribution is 7.80. The molecule has 0 spiro atoms. The Morgan fingerprint density at radius 2 is 1.52 bits per heavy atom. The summed E-state index contributed by atoms with van der Waals surface area (Å²) in [5.41, 5.74) is 3.55. The Balaban J connectivity index is 1.19. The summed E-state index contributed by atoms with van der Waals surface area (Å²) in [6, 6.07) is 25.2. The van der Waals surface area contributed by atoms with E-state index in [1.807, 2.05) is 18.3 Å². The second-order valence-electron chi connectivity index (χ2n) is 7.68. The maximum absolute atomic E-state index is 5.42. The van der Waals surface area contributed by atoms with Crippen molar-refractivity contribution in [2.24, 2.45) is 0 Å². The predicted octanol–water partition coefficient (Wildman–Crippen LogP) is 4.33. The molecule has 1 saturated heterocycles. The second-order valence-corrected chi connectivity index (χ2v) is 8.09. The Kier molecular flexibility index (Phi) is 7.34. The normalized spacial score (nSPS) is 13.7. The number of anilines is 3. The molecule has 2 N–H and O–H groups in total. The first-order valence-corrected chi connectivity index (χ1v) is 11.3. The third-order valence-corrected chi connectivity index (χ3v) is 5.75. The first kappa shape index (κ1) is 21.1. The number of pyridine rings is 1. The van der Waals surface area contributed by atoms with Crippen molar-refractivity contribution in [3.63, 3.8) is 0 Å². The fraction of sp³-hybridized carbons (Fsp3) is 0.280. The number of para-hydroxylation sites is 1. The summed E-state index contributed by atoms with van der Waals surface area (Å²) in [5, 5.41) is 7.14. The average Bonchev–Trinajstić information content (AvgIpc) is 2.84. The van der Waals surface area contributed by atoms with Gasteiger partial charge < -0.3 is 20.4 Å². The topological polar surface area (TPSA) is 43.4 Å².